The predicted octanol–water partition coefficient (Wildman–Crippen LogP) is 1.65. The fourth-order valence-electron chi connectivity index (χ4n) is 3.55. The largest absolute Gasteiger partial charge is 0.490 e. The van der Waals surface area contributed by atoms with Crippen molar-refractivity contribution in [1.29, 1.82) is 0 Å². The summed E-state index contributed by atoms with van der Waals surface area (Å²) in [6, 6.07) is 9.60. The molecule has 3 heterocycles. The van der Waals surface area contributed by atoms with E-state index in [0.717, 1.165) is 48.7 Å². The standard InChI is InChI=1S/C18H21N3O4S/c19-26(22,23)14-5-7-18(20-12-14)21-8-1-3-15(21)13-4-6-16-17(11-13)25-10-2-9-24-16/h4-7,11-12,15H,1-3,8-10H2,(H2,19,22,23)/p+1/t15-/m1/s1. The molecule has 1 aromatic heterocycles. The number of ether oxygens (including phenoxy) is 2. The number of nitrogens with two attached hydrogens (primary N) is 1. The van der Waals surface area contributed by atoms with Crippen LogP contribution in [0.3, 0.4) is 0 Å². The average Bonchev–Trinajstić information content (AvgIpc) is 3.00. The van der Waals surface area contributed by atoms with Gasteiger partial charge in [0.05, 0.1) is 19.8 Å². The second kappa shape index (κ2) is 6.77. The molecule has 3 N–H and O–H groups in total. The van der Waals surface area contributed by atoms with Crippen molar-refractivity contribution in [2.75, 3.05) is 24.7 Å². The lowest BCUT2D eigenvalue weighted by Crippen LogP contribution is -2.29. The molecule has 0 aliphatic carbocycles. The normalized spacial score (nSPS) is 20.0. The van der Waals surface area contributed by atoms with Crippen LogP contribution >= 0.6 is 0 Å². The first-order valence-electron chi connectivity index (χ1n) is 8.73. The van der Waals surface area contributed by atoms with Crippen LogP contribution in [0.15, 0.2) is 41.4 Å². The van der Waals surface area contributed by atoms with Gasteiger partial charge in [0.25, 0.3) is 5.82 Å². The van der Waals surface area contributed by atoms with Crippen molar-refractivity contribution < 1.29 is 22.9 Å². The average molecular weight is 376 g/mol. The van der Waals surface area contributed by atoms with Crippen LogP contribution in [0.4, 0.5) is 5.82 Å². The van der Waals surface area contributed by atoms with Gasteiger partial charge in [-0.15, -0.1) is 0 Å². The summed E-state index contributed by atoms with van der Waals surface area (Å²) >= 11 is 0. The fourth-order valence-corrected chi connectivity index (χ4v) is 4.03. The van der Waals surface area contributed by atoms with Crippen LogP contribution in [0, 0.1) is 0 Å². The lowest BCUT2D eigenvalue weighted by atomic mass is 10.0. The zero-order chi connectivity index (χ0) is 18.1. The first-order chi connectivity index (χ1) is 12.5. The van der Waals surface area contributed by atoms with Crippen molar-refractivity contribution in [1.82, 2.24) is 0 Å². The monoisotopic (exact) mass is 376 g/mol. The summed E-state index contributed by atoms with van der Waals surface area (Å²) in [6.45, 7) is 2.23. The van der Waals surface area contributed by atoms with Gasteiger partial charge in [0.2, 0.25) is 10.0 Å². The fraction of sp³-hybridized carbons (Fsp3) is 0.389. The van der Waals surface area contributed by atoms with E-state index < -0.39 is 10.0 Å². The molecular weight excluding hydrogens is 354 g/mol. The van der Waals surface area contributed by atoms with Gasteiger partial charge in [-0.1, -0.05) is 6.07 Å². The summed E-state index contributed by atoms with van der Waals surface area (Å²) in [5.41, 5.74) is 1.16. The summed E-state index contributed by atoms with van der Waals surface area (Å²) in [6.07, 6.45) is 4.40. The quantitative estimate of drug-likeness (QED) is 0.879. The van der Waals surface area contributed by atoms with Gasteiger partial charge in [0.15, 0.2) is 11.5 Å². The number of sulfonamides is 1. The number of anilines is 1. The number of hydrogen-bond donors (Lipinski definition) is 1. The zero-order valence-corrected chi connectivity index (χ0v) is 15.2. The summed E-state index contributed by atoms with van der Waals surface area (Å²) < 4.78 is 34.4. The Balaban J connectivity index is 1.62. The van der Waals surface area contributed by atoms with E-state index in [2.05, 4.69) is 22.0 Å². The van der Waals surface area contributed by atoms with E-state index in [0.29, 0.717) is 13.2 Å². The maximum Gasteiger partial charge on any atom is 0.274 e. The summed E-state index contributed by atoms with van der Waals surface area (Å²) in [5, 5.41) is 5.17. The number of rotatable bonds is 3. The summed E-state index contributed by atoms with van der Waals surface area (Å²) in [4.78, 5) is 5.39. The number of aromatic nitrogens is 1. The number of hydrogen-bond acceptors (Lipinski definition) is 5. The van der Waals surface area contributed by atoms with Gasteiger partial charge in [-0.2, -0.15) is 0 Å². The Morgan fingerprint density at radius 3 is 2.62 bits per heavy atom. The van der Waals surface area contributed by atoms with Gasteiger partial charge in [-0.25, -0.2) is 18.5 Å². The highest BCUT2D eigenvalue weighted by molar-refractivity contribution is 7.89. The van der Waals surface area contributed by atoms with Crippen molar-refractivity contribution in [2.45, 2.75) is 30.2 Å². The molecule has 8 heteroatoms. The van der Waals surface area contributed by atoms with E-state index in [1.807, 2.05) is 6.07 Å². The second-order valence-electron chi connectivity index (χ2n) is 6.56. The molecule has 0 spiro atoms. The first-order valence-corrected chi connectivity index (χ1v) is 10.3. The van der Waals surface area contributed by atoms with Gasteiger partial charge in [-0.3, -0.25) is 4.90 Å². The number of nitrogens with zero attached hydrogens (tertiary/aromatic N) is 1. The third-order valence-corrected chi connectivity index (χ3v) is 5.73. The molecule has 0 amide bonds. The molecule has 0 radical (unpaired) electrons. The van der Waals surface area contributed by atoms with Crippen molar-refractivity contribution in [3.8, 4) is 11.5 Å². The highest BCUT2D eigenvalue weighted by atomic mass is 32.2. The molecule has 0 unspecified atom stereocenters. The predicted molar refractivity (Wildman–Crippen MR) is 95.7 cm³/mol. The third-order valence-electron chi connectivity index (χ3n) is 4.81. The molecule has 1 atom stereocenters. The van der Waals surface area contributed by atoms with Crippen molar-refractivity contribution in [3.63, 3.8) is 0 Å². The Labute approximate surface area is 152 Å². The molecule has 1 saturated heterocycles. The summed E-state index contributed by atoms with van der Waals surface area (Å²) in [5.74, 6) is 2.45. The lowest BCUT2D eigenvalue weighted by Gasteiger charge is -2.20. The van der Waals surface area contributed by atoms with Crippen molar-refractivity contribution in [2.24, 2.45) is 5.14 Å². The van der Waals surface area contributed by atoms with Crippen LogP contribution in [0.1, 0.15) is 30.9 Å². The minimum Gasteiger partial charge on any atom is -0.490 e. The number of primary sulfonamides is 1. The molecule has 2 aromatic rings. The second-order valence-corrected chi connectivity index (χ2v) is 8.12. The van der Waals surface area contributed by atoms with Crippen LogP contribution < -0.4 is 24.5 Å². The minimum atomic E-state index is -3.70. The number of pyridine rings is 1. The number of H-pyrrole nitrogens is 1. The zero-order valence-electron chi connectivity index (χ0n) is 14.3. The molecular formula is C18H22N3O4S+. The Morgan fingerprint density at radius 1 is 1.08 bits per heavy atom. The number of aromatic amines is 1. The Hall–Kier alpha value is -2.32. The Kier molecular flexibility index (Phi) is 4.46. The lowest BCUT2D eigenvalue weighted by molar-refractivity contribution is -0.367. The topological polar surface area (TPSA) is 96.0 Å². The highest BCUT2D eigenvalue weighted by Gasteiger charge is 2.34. The molecule has 2 aliphatic rings. The number of benzene rings is 1. The molecule has 138 valence electrons. The SMILES string of the molecule is NS(=O)(=O)c1ccc(N2CCC[C@@H]2c2ccc3c(c2)OCCCO3)[nH+]c1. The minimum absolute atomic E-state index is 0.0765. The van der Waals surface area contributed by atoms with Crippen LogP contribution in [0.2, 0.25) is 0 Å². The molecule has 2 aliphatic heterocycles. The van der Waals surface area contributed by atoms with E-state index in [4.69, 9.17) is 14.6 Å². The molecule has 4 rings (SSSR count). The number of fused-ring (bicyclic) bond motifs is 1. The molecule has 0 bridgehead atoms. The smallest absolute Gasteiger partial charge is 0.274 e. The van der Waals surface area contributed by atoms with E-state index >= 15 is 0 Å². The maximum atomic E-state index is 11.4. The maximum absolute atomic E-state index is 11.4. The van der Waals surface area contributed by atoms with E-state index in [9.17, 15) is 8.42 Å². The molecule has 26 heavy (non-hydrogen) atoms. The van der Waals surface area contributed by atoms with Gasteiger partial charge in [-0.05, 0) is 31.0 Å². The molecule has 7 nitrogen and oxygen atoms in total. The van der Waals surface area contributed by atoms with Crippen molar-refractivity contribution in [3.05, 3.63) is 42.1 Å². The van der Waals surface area contributed by atoms with Crippen molar-refractivity contribution >= 4 is 15.8 Å². The highest BCUT2D eigenvalue weighted by Crippen LogP contribution is 2.39. The third kappa shape index (κ3) is 3.34. The van der Waals surface area contributed by atoms with Gasteiger partial charge in [0, 0.05) is 18.1 Å². The van der Waals surface area contributed by atoms with E-state index in [1.165, 1.54) is 12.3 Å². The van der Waals surface area contributed by atoms with E-state index in [-0.39, 0.29) is 10.9 Å². The molecule has 0 saturated carbocycles. The van der Waals surface area contributed by atoms with Crippen LogP contribution in [-0.2, 0) is 10.0 Å². The van der Waals surface area contributed by atoms with Gasteiger partial charge >= 0.3 is 0 Å². The Morgan fingerprint density at radius 2 is 1.88 bits per heavy atom. The molecule has 1 fully saturated rings. The van der Waals surface area contributed by atoms with Crippen LogP contribution in [0.5, 0.6) is 11.5 Å². The first kappa shape index (κ1) is 17.1. The molecule has 1 aromatic carbocycles. The number of nitrogens with one attached hydrogen (secondary N) is 1. The summed E-state index contributed by atoms with van der Waals surface area (Å²) in [7, 11) is -3.70. The van der Waals surface area contributed by atoms with Crippen LogP contribution in [0.25, 0.3) is 0 Å². The Bertz CT molecular complexity index is 899. The van der Waals surface area contributed by atoms with Gasteiger partial charge < -0.3 is 9.47 Å². The van der Waals surface area contributed by atoms with Gasteiger partial charge in [0.1, 0.15) is 17.1 Å². The van der Waals surface area contributed by atoms with E-state index in [1.54, 1.807) is 6.07 Å². The van der Waals surface area contributed by atoms with Crippen LogP contribution in [-0.4, -0.2) is 28.2 Å².